The molecule has 1 saturated heterocycles. The molecule has 6 heteroatoms. The summed E-state index contributed by atoms with van der Waals surface area (Å²) in [5.74, 6) is 0.840. The first-order chi connectivity index (χ1) is 14.0. The largest absolute Gasteiger partial charge is 0.496 e. The van der Waals surface area contributed by atoms with E-state index in [1.54, 1.807) is 26.4 Å². The van der Waals surface area contributed by atoms with Crippen molar-refractivity contribution in [2.24, 2.45) is 5.92 Å². The average molecular weight is 397 g/mol. The van der Waals surface area contributed by atoms with E-state index in [4.69, 9.17) is 9.47 Å². The van der Waals surface area contributed by atoms with Crippen LogP contribution in [0.3, 0.4) is 0 Å². The normalized spacial score (nSPS) is 14.5. The number of hydrogen-bond acceptors (Lipinski definition) is 4. The van der Waals surface area contributed by atoms with E-state index >= 15 is 0 Å². The van der Waals surface area contributed by atoms with Crippen LogP contribution in [0.5, 0.6) is 11.5 Å². The van der Waals surface area contributed by atoms with Crippen molar-refractivity contribution in [3.8, 4) is 11.5 Å². The number of benzene rings is 2. The van der Waals surface area contributed by atoms with Gasteiger partial charge in [-0.25, -0.2) is 4.79 Å². The van der Waals surface area contributed by atoms with E-state index in [-0.39, 0.29) is 12.3 Å². The average Bonchev–Trinajstić information content (AvgIpc) is 2.74. The van der Waals surface area contributed by atoms with E-state index in [9.17, 15) is 14.7 Å². The quantitative estimate of drug-likeness (QED) is 0.775. The van der Waals surface area contributed by atoms with Crippen LogP contribution in [0.1, 0.15) is 34.3 Å². The van der Waals surface area contributed by atoms with Crippen molar-refractivity contribution < 1.29 is 24.2 Å². The number of aromatic carboxylic acids is 1. The molecule has 0 aromatic heterocycles. The zero-order chi connectivity index (χ0) is 20.8. The summed E-state index contributed by atoms with van der Waals surface area (Å²) in [4.78, 5) is 26.1. The number of hydrogen-bond donors (Lipinski definition) is 1. The Bertz CT molecular complexity index is 849. The molecule has 0 saturated carbocycles. The molecule has 2 aromatic carbocycles. The van der Waals surface area contributed by atoms with Gasteiger partial charge in [0.25, 0.3) is 0 Å². The Kier molecular flexibility index (Phi) is 6.75. The highest BCUT2D eigenvalue weighted by atomic mass is 16.5. The fraction of sp³-hybridized carbons (Fsp3) is 0.391. The van der Waals surface area contributed by atoms with Crippen molar-refractivity contribution in [2.75, 3.05) is 27.3 Å². The Morgan fingerprint density at radius 3 is 2.21 bits per heavy atom. The lowest BCUT2D eigenvalue weighted by Gasteiger charge is -2.32. The zero-order valence-electron chi connectivity index (χ0n) is 16.9. The van der Waals surface area contributed by atoms with Gasteiger partial charge in [-0.15, -0.1) is 0 Å². The molecule has 29 heavy (non-hydrogen) atoms. The third-order valence-corrected chi connectivity index (χ3v) is 5.58. The highest BCUT2D eigenvalue weighted by Gasteiger charge is 2.25. The summed E-state index contributed by atoms with van der Waals surface area (Å²) >= 11 is 0. The zero-order valence-corrected chi connectivity index (χ0v) is 16.9. The molecule has 2 aromatic rings. The molecule has 154 valence electrons. The predicted octanol–water partition coefficient (Wildman–Crippen LogP) is 3.43. The van der Waals surface area contributed by atoms with Gasteiger partial charge in [0.1, 0.15) is 11.5 Å². The summed E-state index contributed by atoms with van der Waals surface area (Å²) in [6.07, 6.45) is 2.69. The fourth-order valence-corrected chi connectivity index (χ4v) is 3.97. The number of rotatable bonds is 7. The van der Waals surface area contributed by atoms with Gasteiger partial charge in [-0.2, -0.15) is 0 Å². The summed E-state index contributed by atoms with van der Waals surface area (Å²) in [6.45, 7) is 1.35. The van der Waals surface area contributed by atoms with Gasteiger partial charge >= 0.3 is 5.97 Å². The van der Waals surface area contributed by atoms with Gasteiger partial charge in [-0.1, -0.05) is 24.3 Å². The Morgan fingerprint density at radius 1 is 1.00 bits per heavy atom. The molecule has 0 radical (unpaired) electrons. The molecule has 0 aliphatic carbocycles. The molecule has 6 nitrogen and oxygen atoms in total. The number of carbonyl (C=O) groups excluding carboxylic acids is 1. The van der Waals surface area contributed by atoms with Gasteiger partial charge < -0.3 is 19.5 Å². The maximum atomic E-state index is 12.8. The van der Waals surface area contributed by atoms with Gasteiger partial charge in [0.15, 0.2) is 0 Å². The van der Waals surface area contributed by atoms with Crippen LogP contribution >= 0.6 is 0 Å². The van der Waals surface area contributed by atoms with Crippen LogP contribution in [-0.2, 0) is 17.6 Å². The smallest absolute Gasteiger partial charge is 0.335 e. The second-order valence-electron chi connectivity index (χ2n) is 7.31. The molecule has 0 spiro atoms. The monoisotopic (exact) mass is 397 g/mol. The fourth-order valence-electron chi connectivity index (χ4n) is 3.97. The second kappa shape index (κ2) is 9.45. The number of methoxy groups -OCH3 is 2. The van der Waals surface area contributed by atoms with E-state index in [0.717, 1.165) is 30.4 Å². The van der Waals surface area contributed by atoms with E-state index in [1.807, 2.05) is 35.2 Å². The summed E-state index contributed by atoms with van der Waals surface area (Å²) in [5.41, 5.74) is 2.00. The first-order valence-corrected chi connectivity index (χ1v) is 9.82. The third kappa shape index (κ3) is 4.88. The maximum absolute atomic E-state index is 12.8. The number of carboxylic acid groups (broad SMARTS) is 1. The van der Waals surface area contributed by atoms with Crippen molar-refractivity contribution in [1.82, 2.24) is 4.90 Å². The van der Waals surface area contributed by atoms with Crippen LogP contribution in [0.4, 0.5) is 0 Å². The molecule has 1 amide bonds. The topological polar surface area (TPSA) is 76.1 Å². The standard InChI is InChI=1S/C23H27NO5/c1-28-20-8-5-9-21(29-2)19(20)15-22(25)24-12-10-16(11-13-24)14-17-6-3-4-7-18(17)23(26)27/h3-9,16H,10-15H2,1-2H3,(H,26,27). The number of amides is 1. The first kappa shape index (κ1) is 20.7. The van der Waals surface area contributed by atoms with Crippen LogP contribution < -0.4 is 9.47 Å². The second-order valence-corrected chi connectivity index (χ2v) is 7.31. The van der Waals surface area contributed by atoms with Crippen molar-refractivity contribution in [3.63, 3.8) is 0 Å². The molecular weight excluding hydrogens is 370 g/mol. The molecule has 0 atom stereocenters. The summed E-state index contributed by atoms with van der Waals surface area (Å²) in [7, 11) is 3.17. The number of nitrogens with zero attached hydrogens (tertiary/aromatic N) is 1. The molecule has 1 N–H and O–H groups in total. The minimum atomic E-state index is -0.890. The Labute approximate surface area is 171 Å². The molecular formula is C23H27NO5. The molecule has 1 aliphatic heterocycles. The lowest BCUT2D eigenvalue weighted by Crippen LogP contribution is -2.39. The maximum Gasteiger partial charge on any atom is 0.335 e. The van der Waals surface area contributed by atoms with Gasteiger partial charge in [0.2, 0.25) is 5.91 Å². The molecule has 1 fully saturated rings. The van der Waals surface area contributed by atoms with Crippen LogP contribution in [0.15, 0.2) is 42.5 Å². The van der Waals surface area contributed by atoms with Crippen LogP contribution in [-0.4, -0.2) is 49.2 Å². The highest BCUT2D eigenvalue weighted by Crippen LogP contribution is 2.30. The Hall–Kier alpha value is -3.02. The van der Waals surface area contributed by atoms with E-state index < -0.39 is 5.97 Å². The number of carboxylic acids is 1. The predicted molar refractivity (Wildman–Crippen MR) is 110 cm³/mol. The Balaban J connectivity index is 1.60. The van der Waals surface area contributed by atoms with Gasteiger partial charge in [0, 0.05) is 18.7 Å². The van der Waals surface area contributed by atoms with Crippen molar-refractivity contribution in [1.29, 1.82) is 0 Å². The van der Waals surface area contributed by atoms with Crippen LogP contribution in [0.25, 0.3) is 0 Å². The van der Waals surface area contributed by atoms with E-state index in [2.05, 4.69) is 0 Å². The lowest BCUT2D eigenvalue weighted by atomic mass is 9.88. The van der Waals surface area contributed by atoms with Gasteiger partial charge in [-0.3, -0.25) is 4.79 Å². The molecule has 3 rings (SSSR count). The molecule has 1 aliphatic rings. The third-order valence-electron chi connectivity index (χ3n) is 5.58. The Morgan fingerprint density at radius 2 is 1.62 bits per heavy atom. The SMILES string of the molecule is COc1cccc(OC)c1CC(=O)N1CCC(Cc2ccccc2C(=O)O)CC1. The minimum Gasteiger partial charge on any atom is -0.496 e. The first-order valence-electron chi connectivity index (χ1n) is 9.82. The molecule has 1 heterocycles. The summed E-state index contributed by atoms with van der Waals surface area (Å²) in [5, 5.41) is 9.36. The van der Waals surface area contributed by atoms with Crippen LogP contribution in [0.2, 0.25) is 0 Å². The number of carbonyl (C=O) groups is 2. The van der Waals surface area contributed by atoms with Gasteiger partial charge in [0.05, 0.1) is 26.2 Å². The van der Waals surface area contributed by atoms with Gasteiger partial charge in [-0.05, 0) is 48.9 Å². The molecule has 0 bridgehead atoms. The summed E-state index contributed by atoms with van der Waals surface area (Å²) < 4.78 is 10.8. The minimum absolute atomic E-state index is 0.0530. The van der Waals surface area contributed by atoms with E-state index in [1.165, 1.54) is 0 Å². The van der Waals surface area contributed by atoms with Crippen molar-refractivity contribution >= 4 is 11.9 Å². The number of likely N-dealkylation sites (tertiary alicyclic amines) is 1. The van der Waals surface area contributed by atoms with Crippen molar-refractivity contribution in [3.05, 3.63) is 59.2 Å². The van der Waals surface area contributed by atoms with Crippen LogP contribution in [0, 0.1) is 5.92 Å². The lowest BCUT2D eigenvalue weighted by molar-refractivity contribution is -0.131. The number of ether oxygens (including phenoxy) is 2. The summed E-state index contributed by atoms with van der Waals surface area (Å²) in [6, 6.07) is 12.7. The van der Waals surface area contributed by atoms with Crippen molar-refractivity contribution in [2.45, 2.75) is 25.7 Å². The highest BCUT2D eigenvalue weighted by molar-refractivity contribution is 5.89. The van der Waals surface area contributed by atoms with E-state index in [0.29, 0.717) is 36.1 Å². The number of piperidine rings is 1. The molecule has 0 unspecified atom stereocenters.